The maximum atomic E-state index is 3.74. The number of thiophene rings is 1. The Balaban J connectivity index is 2.42. The van der Waals surface area contributed by atoms with E-state index in [9.17, 15) is 0 Å². The Morgan fingerprint density at radius 3 is 2.65 bits per heavy atom. The van der Waals surface area contributed by atoms with E-state index in [4.69, 9.17) is 0 Å². The van der Waals surface area contributed by atoms with Crippen LogP contribution >= 0.6 is 11.3 Å². The minimum atomic E-state index is 0.258. The first-order valence-corrected chi connectivity index (χ1v) is 7.75. The van der Waals surface area contributed by atoms with Gasteiger partial charge in [0, 0.05) is 22.9 Å². The molecule has 2 heteroatoms. The molecule has 0 saturated carbocycles. The van der Waals surface area contributed by atoms with Gasteiger partial charge in [0.25, 0.3) is 0 Å². The summed E-state index contributed by atoms with van der Waals surface area (Å²) in [7, 11) is 0. The fourth-order valence-corrected chi connectivity index (χ4v) is 2.90. The Kier molecular flexibility index (Phi) is 6.21. The molecule has 0 bridgehead atoms. The van der Waals surface area contributed by atoms with Gasteiger partial charge in [-0.3, -0.25) is 0 Å². The molecule has 1 nitrogen and oxygen atoms in total. The van der Waals surface area contributed by atoms with Crippen LogP contribution in [0.1, 0.15) is 58.3 Å². The molecular formula is C15H27NS. The third-order valence-corrected chi connectivity index (χ3v) is 4.66. The Morgan fingerprint density at radius 2 is 2.12 bits per heavy atom. The maximum Gasteiger partial charge on any atom is 0.0115 e. The molecule has 0 amide bonds. The van der Waals surface area contributed by atoms with Crippen LogP contribution < -0.4 is 5.32 Å². The summed E-state index contributed by atoms with van der Waals surface area (Å²) in [5.74, 6) is 0. The zero-order valence-corrected chi connectivity index (χ0v) is 12.6. The summed E-state index contributed by atoms with van der Waals surface area (Å²) in [6.45, 7) is 10.3. The van der Waals surface area contributed by atoms with Crippen molar-refractivity contribution in [1.29, 1.82) is 0 Å². The molecule has 0 radical (unpaired) electrons. The summed E-state index contributed by atoms with van der Waals surface area (Å²) in [5.41, 5.74) is 0.258. The van der Waals surface area contributed by atoms with Crippen molar-refractivity contribution in [3.63, 3.8) is 0 Å². The zero-order chi connectivity index (χ0) is 12.7. The van der Waals surface area contributed by atoms with E-state index in [0.29, 0.717) is 6.04 Å². The highest BCUT2D eigenvalue weighted by atomic mass is 32.1. The van der Waals surface area contributed by atoms with Crippen molar-refractivity contribution in [2.24, 2.45) is 0 Å². The molecular weight excluding hydrogens is 226 g/mol. The fourth-order valence-electron chi connectivity index (χ4n) is 2.05. The Hall–Kier alpha value is -0.340. The first-order chi connectivity index (χ1) is 8.10. The van der Waals surface area contributed by atoms with E-state index in [1.807, 2.05) is 11.3 Å². The number of unbranched alkanes of at least 4 members (excludes halogenated alkanes) is 1. The lowest BCUT2D eigenvalue weighted by Gasteiger charge is -2.27. The highest BCUT2D eigenvalue weighted by molar-refractivity contribution is 7.10. The second-order valence-corrected chi connectivity index (χ2v) is 6.44. The van der Waals surface area contributed by atoms with Crippen LogP contribution in [0, 0.1) is 0 Å². The molecule has 0 saturated heterocycles. The van der Waals surface area contributed by atoms with Gasteiger partial charge in [-0.25, -0.2) is 0 Å². The topological polar surface area (TPSA) is 12.0 Å². The van der Waals surface area contributed by atoms with Crippen molar-refractivity contribution in [3.05, 3.63) is 22.4 Å². The molecule has 1 heterocycles. The zero-order valence-electron chi connectivity index (χ0n) is 11.8. The summed E-state index contributed by atoms with van der Waals surface area (Å²) >= 11 is 1.87. The van der Waals surface area contributed by atoms with E-state index in [2.05, 4.69) is 50.5 Å². The van der Waals surface area contributed by atoms with Gasteiger partial charge in [-0.05, 0) is 24.3 Å². The second-order valence-electron chi connectivity index (χ2n) is 5.49. The van der Waals surface area contributed by atoms with Crippen LogP contribution in [0.2, 0.25) is 0 Å². The van der Waals surface area contributed by atoms with Crippen LogP contribution in [0.25, 0.3) is 0 Å². The molecule has 1 rings (SSSR count). The Bertz CT molecular complexity index is 290. The van der Waals surface area contributed by atoms with Gasteiger partial charge in [0.1, 0.15) is 0 Å². The standard InChI is InChI=1S/C15H27NS/c1-5-7-9-13(6-2)16-12-15(3,4)14-10-8-11-17-14/h8,10-11,13,16H,5-7,9,12H2,1-4H3. The minimum Gasteiger partial charge on any atom is -0.313 e. The summed E-state index contributed by atoms with van der Waals surface area (Å²) in [6, 6.07) is 5.09. The average molecular weight is 253 g/mol. The van der Waals surface area contributed by atoms with E-state index in [1.165, 1.54) is 30.6 Å². The molecule has 1 aromatic rings. The number of nitrogens with one attached hydrogen (secondary N) is 1. The van der Waals surface area contributed by atoms with Crippen LogP contribution in [0.3, 0.4) is 0 Å². The van der Waals surface area contributed by atoms with Crippen molar-refractivity contribution in [3.8, 4) is 0 Å². The molecule has 1 aromatic heterocycles. The third kappa shape index (κ3) is 4.81. The van der Waals surface area contributed by atoms with Crippen molar-refractivity contribution in [2.45, 2.75) is 64.8 Å². The summed E-state index contributed by atoms with van der Waals surface area (Å²) < 4.78 is 0. The van der Waals surface area contributed by atoms with Crippen LogP contribution in [-0.2, 0) is 5.41 Å². The number of hydrogen-bond donors (Lipinski definition) is 1. The number of hydrogen-bond acceptors (Lipinski definition) is 2. The molecule has 0 aliphatic carbocycles. The van der Waals surface area contributed by atoms with E-state index in [-0.39, 0.29) is 5.41 Å². The lowest BCUT2D eigenvalue weighted by atomic mass is 9.91. The molecule has 17 heavy (non-hydrogen) atoms. The van der Waals surface area contributed by atoms with Gasteiger partial charge in [-0.1, -0.05) is 46.6 Å². The second kappa shape index (κ2) is 7.17. The van der Waals surface area contributed by atoms with Crippen molar-refractivity contribution < 1.29 is 0 Å². The quantitative estimate of drug-likeness (QED) is 0.715. The maximum absolute atomic E-state index is 3.74. The molecule has 0 fully saturated rings. The predicted octanol–water partition coefficient (Wildman–Crippen LogP) is 4.58. The molecule has 0 aromatic carbocycles. The lowest BCUT2D eigenvalue weighted by Crippen LogP contribution is -2.38. The highest BCUT2D eigenvalue weighted by Gasteiger charge is 2.22. The SMILES string of the molecule is CCCCC(CC)NCC(C)(C)c1cccs1. The first-order valence-electron chi connectivity index (χ1n) is 6.87. The predicted molar refractivity (Wildman–Crippen MR) is 79.0 cm³/mol. The first kappa shape index (κ1) is 14.7. The molecule has 1 atom stereocenters. The molecule has 0 spiro atoms. The van der Waals surface area contributed by atoms with Gasteiger partial charge >= 0.3 is 0 Å². The average Bonchev–Trinajstić information content (AvgIpc) is 2.83. The largest absolute Gasteiger partial charge is 0.313 e. The van der Waals surface area contributed by atoms with E-state index in [1.54, 1.807) is 0 Å². The molecule has 98 valence electrons. The van der Waals surface area contributed by atoms with E-state index >= 15 is 0 Å². The Labute approximate surface area is 111 Å². The van der Waals surface area contributed by atoms with Crippen LogP contribution in [0.4, 0.5) is 0 Å². The molecule has 1 unspecified atom stereocenters. The Morgan fingerprint density at radius 1 is 1.35 bits per heavy atom. The van der Waals surface area contributed by atoms with Crippen LogP contribution in [0.15, 0.2) is 17.5 Å². The normalized spacial score (nSPS) is 13.9. The molecule has 0 aliphatic heterocycles. The minimum absolute atomic E-state index is 0.258. The lowest BCUT2D eigenvalue weighted by molar-refractivity contribution is 0.392. The number of rotatable bonds is 8. The van der Waals surface area contributed by atoms with Gasteiger partial charge < -0.3 is 5.32 Å². The van der Waals surface area contributed by atoms with Crippen LogP contribution in [-0.4, -0.2) is 12.6 Å². The summed E-state index contributed by atoms with van der Waals surface area (Å²) in [6.07, 6.45) is 5.19. The van der Waals surface area contributed by atoms with Gasteiger partial charge in [0.15, 0.2) is 0 Å². The van der Waals surface area contributed by atoms with E-state index < -0.39 is 0 Å². The summed E-state index contributed by atoms with van der Waals surface area (Å²) in [5, 5.41) is 5.91. The van der Waals surface area contributed by atoms with Gasteiger partial charge in [-0.15, -0.1) is 11.3 Å². The van der Waals surface area contributed by atoms with Crippen molar-refractivity contribution in [2.75, 3.05) is 6.54 Å². The van der Waals surface area contributed by atoms with Crippen molar-refractivity contribution in [1.82, 2.24) is 5.32 Å². The monoisotopic (exact) mass is 253 g/mol. The highest BCUT2D eigenvalue weighted by Crippen LogP contribution is 2.26. The van der Waals surface area contributed by atoms with Gasteiger partial charge in [0.2, 0.25) is 0 Å². The molecule has 1 N–H and O–H groups in total. The summed E-state index contributed by atoms with van der Waals surface area (Å²) in [4.78, 5) is 1.48. The molecule has 0 aliphatic rings. The van der Waals surface area contributed by atoms with E-state index in [0.717, 1.165) is 6.54 Å². The third-order valence-electron chi connectivity index (χ3n) is 3.42. The smallest absolute Gasteiger partial charge is 0.0115 e. The fraction of sp³-hybridized carbons (Fsp3) is 0.733. The van der Waals surface area contributed by atoms with Gasteiger partial charge in [0.05, 0.1) is 0 Å². The van der Waals surface area contributed by atoms with Crippen molar-refractivity contribution >= 4 is 11.3 Å². The van der Waals surface area contributed by atoms with Gasteiger partial charge in [-0.2, -0.15) is 0 Å². The van der Waals surface area contributed by atoms with Crippen LogP contribution in [0.5, 0.6) is 0 Å².